The van der Waals surface area contributed by atoms with Crippen LogP contribution in [0.15, 0.2) is 23.3 Å². The molecule has 29 nitrogen and oxygen atoms in total. The van der Waals surface area contributed by atoms with Gasteiger partial charge in [0.15, 0.2) is 37.6 Å². The van der Waals surface area contributed by atoms with E-state index in [1.165, 1.54) is 19.9 Å². The highest BCUT2D eigenvalue weighted by atomic mass is 16.8. The molecule has 5 aliphatic heterocycles. The molecule has 540 valence electrons. The van der Waals surface area contributed by atoms with E-state index in [4.69, 9.17) is 52.1 Å². The number of esters is 1. The van der Waals surface area contributed by atoms with Gasteiger partial charge < -0.3 is 139 Å². The lowest BCUT2D eigenvalue weighted by Gasteiger charge is -2.72. The van der Waals surface area contributed by atoms with Crippen molar-refractivity contribution in [2.45, 2.75) is 292 Å². The second-order valence-corrected chi connectivity index (χ2v) is 30.7. The van der Waals surface area contributed by atoms with Crippen LogP contribution in [0.25, 0.3) is 0 Å². The smallest absolute Gasteiger partial charge is 0.333 e. The van der Waals surface area contributed by atoms with Crippen LogP contribution in [0.2, 0.25) is 0 Å². The standard InChI is InChI=1S/C65H106O29/c1-11-26(2)54(83)93-50-41(72)33(24-85-56-47(78)44(75)39(70)31(22-67)89-56)90-58(49(50)80)92-36-15-16-62(8)34(61(36,6)7)14-17-64(10)35(62)13-12-28-29-20-60(4,5)52(81)53(82)65(29,19-18-63(28,64)9)25-86-59-51(94-57-48(79)42(73)37(68)27(3)87-57)45(76)40(71)32(91-59)23-84-55-46(77)43(74)38(69)30(21-66)88-55/h11-12,27,29-53,55-59,66-82H,13-25H2,1-10H3/b26-11-/t27-,29-,30+,31+,32+,33+,34-,35+,36-,37-,38+,39+,40+,41+,42+,43-,44-,45-,46+,47+,48+,49+,50-,51+,52-,53-,55+,56+,57-,58-,59+,62-,63+,64+,65-/m0/s1. The second-order valence-electron chi connectivity index (χ2n) is 30.7. The molecule has 0 amide bonds. The Hall–Kier alpha value is -2.13. The monoisotopic (exact) mass is 1350 g/mol. The molecule has 10 aliphatic rings. The summed E-state index contributed by atoms with van der Waals surface area (Å²) >= 11 is 0. The minimum absolute atomic E-state index is 0.0299. The molecule has 0 radical (unpaired) electrons. The van der Waals surface area contributed by atoms with E-state index in [9.17, 15) is 91.6 Å². The van der Waals surface area contributed by atoms with E-state index in [-0.39, 0.29) is 34.8 Å². The van der Waals surface area contributed by atoms with Gasteiger partial charge in [0.25, 0.3) is 0 Å². The first kappa shape index (κ1) is 74.6. The van der Waals surface area contributed by atoms with E-state index < -0.39 is 232 Å². The van der Waals surface area contributed by atoms with Gasteiger partial charge in [-0.25, -0.2) is 4.79 Å². The number of aliphatic hydroxyl groups is 17. The first-order valence-electron chi connectivity index (χ1n) is 33.4. The van der Waals surface area contributed by atoms with Gasteiger partial charge in [-0.2, -0.15) is 0 Å². The third-order valence-corrected chi connectivity index (χ3v) is 24.8. The molecule has 10 rings (SSSR count). The van der Waals surface area contributed by atoms with Gasteiger partial charge >= 0.3 is 5.97 Å². The third-order valence-electron chi connectivity index (χ3n) is 24.8. The predicted octanol–water partition coefficient (Wildman–Crippen LogP) is -3.25. The summed E-state index contributed by atoms with van der Waals surface area (Å²) in [6.45, 7) is 16.7. The first-order valence-corrected chi connectivity index (χ1v) is 33.4. The Morgan fingerprint density at radius 2 is 1.07 bits per heavy atom. The first-order chi connectivity index (χ1) is 44.0. The number of aliphatic hydroxyl groups excluding tert-OH is 17. The fourth-order valence-corrected chi connectivity index (χ4v) is 18.4. The lowest BCUT2D eigenvalue weighted by Crippen LogP contribution is -2.69. The fourth-order valence-electron chi connectivity index (χ4n) is 18.4. The number of fused-ring (bicyclic) bond motifs is 7. The molecular formula is C65H106O29. The number of allylic oxidation sites excluding steroid dienone is 3. The Balaban J connectivity index is 0.900. The minimum Gasteiger partial charge on any atom is -0.453 e. The van der Waals surface area contributed by atoms with E-state index >= 15 is 0 Å². The number of rotatable bonds is 17. The van der Waals surface area contributed by atoms with Crippen LogP contribution in [-0.4, -0.2) is 298 Å². The predicted molar refractivity (Wildman–Crippen MR) is 320 cm³/mol. The average Bonchev–Trinajstić information content (AvgIpc) is 0.674. The summed E-state index contributed by atoms with van der Waals surface area (Å²) in [5.41, 5.74) is -2.50. The van der Waals surface area contributed by atoms with Crippen molar-refractivity contribution in [1.82, 2.24) is 0 Å². The van der Waals surface area contributed by atoms with Crippen molar-refractivity contribution in [3.8, 4) is 0 Å². The molecule has 29 heteroatoms. The van der Waals surface area contributed by atoms with Crippen LogP contribution >= 0.6 is 0 Å². The van der Waals surface area contributed by atoms with Crippen molar-refractivity contribution in [3.05, 3.63) is 23.3 Å². The highest BCUT2D eigenvalue weighted by Gasteiger charge is 2.71. The highest BCUT2D eigenvalue weighted by molar-refractivity contribution is 5.87. The molecular weight excluding hydrogens is 1240 g/mol. The van der Waals surface area contributed by atoms with Crippen LogP contribution in [0.3, 0.4) is 0 Å². The second kappa shape index (κ2) is 28.0. The summed E-state index contributed by atoms with van der Waals surface area (Å²) in [6, 6.07) is 0. The van der Waals surface area contributed by atoms with E-state index in [1.807, 2.05) is 13.8 Å². The molecule has 5 aliphatic carbocycles. The van der Waals surface area contributed by atoms with E-state index in [0.29, 0.717) is 38.5 Å². The van der Waals surface area contributed by atoms with Gasteiger partial charge in [0.1, 0.15) is 110 Å². The van der Waals surface area contributed by atoms with Crippen molar-refractivity contribution in [2.24, 2.45) is 50.2 Å². The molecule has 17 N–H and O–H groups in total. The summed E-state index contributed by atoms with van der Waals surface area (Å²) in [5, 5.41) is 187. The zero-order chi connectivity index (χ0) is 69.0. The van der Waals surface area contributed by atoms with Gasteiger partial charge in [-0.3, -0.25) is 0 Å². The normalized spacial score (nSPS) is 52.7. The van der Waals surface area contributed by atoms with Crippen LogP contribution < -0.4 is 0 Å². The van der Waals surface area contributed by atoms with Gasteiger partial charge in [0, 0.05) is 11.0 Å². The molecule has 4 saturated carbocycles. The van der Waals surface area contributed by atoms with Crippen molar-refractivity contribution >= 4 is 5.97 Å². The summed E-state index contributed by atoms with van der Waals surface area (Å²) in [5.74, 6) is -1.11. The topological polar surface area (TPSA) is 463 Å². The summed E-state index contributed by atoms with van der Waals surface area (Å²) in [4.78, 5) is 13.3. The lowest BCUT2D eigenvalue weighted by molar-refractivity contribution is -0.374. The number of ether oxygens (including phenoxy) is 11. The molecule has 0 bridgehead atoms. The molecule has 5 saturated heterocycles. The molecule has 0 aromatic heterocycles. The Morgan fingerprint density at radius 3 is 1.66 bits per heavy atom. The SMILES string of the molecule is C/C=C(/C)C(=O)O[C@@H]1[C@@H](O)[C@H](O[C@H]2CC[C@]3(C)[C@H]4CC=C5[C@@H]6CC(C)(C)[C@@H](O)[C@H](O)[C@]6(CO[C@@H]6O[C@H](CO[C@@H]7O[C@H](CO)[C@@H](O)[C@H](O)[C@H]7O)[C@@H](O)[C@H](O)[C@H]6O[C@@H]6O[C@@H](C)[C@H](O)[C@@H](O)[C@H]6O)CC[C@@]5(C)[C@]4(C)CC[C@H]3C2(C)C)O[C@H](CO[C@@H]2O[C@H](CO)[C@@H](O)[C@H](O)[C@H]2O)[C@H]1O. The van der Waals surface area contributed by atoms with Crippen LogP contribution in [0.5, 0.6) is 0 Å². The summed E-state index contributed by atoms with van der Waals surface area (Å²) in [7, 11) is 0. The summed E-state index contributed by atoms with van der Waals surface area (Å²) in [6.07, 6.45) is -35.6. The van der Waals surface area contributed by atoms with E-state index in [0.717, 1.165) is 18.4 Å². The molecule has 0 spiro atoms. The number of carbonyl (C=O) groups excluding carboxylic acids is 1. The third kappa shape index (κ3) is 12.8. The van der Waals surface area contributed by atoms with Crippen LogP contribution in [0, 0.1) is 50.2 Å². The maximum absolute atomic E-state index is 13.3. The molecule has 0 aromatic rings. The number of hydrogen-bond donors (Lipinski definition) is 17. The van der Waals surface area contributed by atoms with Crippen LogP contribution in [-0.2, 0) is 56.9 Å². The van der Waals surface area contributed by atoms with Gasteiger partial charge in [-0.05, 0) is 117 Å². The Morgan fingerprint density at radius 1 is 0.543 bits per heavy atom. The van der Waals surface area contributed by atoms with Gasteiger partial charge in [-0.15, -0.1) is 0 Å². The van der Waals surface area contributed by atoms with Crippen molar-refractivity contribution in [3.63, 3.8) is 0 Å². The Bertz CT molecular complexity index is 2660. The van der Waals surface area contributed by atoms with Gasteiger partial charge in [0.05, 0.1) is 57.5 Å². The molecule has 0 aromatic carbocycles. The molecule has 94 heavy (non-hydrogen) atoms. The molecule has 5 heterocycles. The zero-order valence-corrected chi connectivity index (χ0v) is 55.2. The zero-order valence-electron chi connectivity index (χ0n) is 55.2. The van der Waals surface area contributed by atoms with E-state index in [2.05, 4.69) is 40.7 Å². The van der Waals surface area contributed by atoms with Gasteiger partial charge in [-0.1, -0.05) is 66.2 Å². The molecule has 0 unspecified atom stereocenters. The maximum atomic E-state index is 13.3. The van der Waals surface area contributed by atoms with Crippen molar-refractivity contribution in [2.75, 3.05) is 33.0 Å². The molecule has 9 fully saturated rings. The van der Waals surface area contributed by atoms with Crippen LogP contribution in [0.1, 0.15) is 121 Å². The quantitative estimate of drug-likeness (QED) is 0.0294. The van der Waals surface area contributed by atoms with Crippen molar-refractivity contribution in [1.29, 1.82) is 0 Å². The fraction of sp³-hybridized carbons (Fsp3) is 0.923. The average molecular weight is 1350 g/mol. The lowest BCUT2D eigenvalue weighted by atomic mass is 9.33. The van der Waals surface area contributed by atoms with Crippen molar-refractivity contribution < 1.29 is 144 Å². The van der Waals surface area contributed by atoms with Gasteiger partial charge in [0.2, 0.25) is 0 Å². The van der Waals surface area contributed by atoms with Crippen LogP contribution in [0.4, 0.5) is 0 Å². The Labute approximate surface area is 547 Å². The van der Waals surface area contributed by atoms with E-state index in [1.54, 1.807) is 6.92 Å². The summed E-state index contributed by atoms with van der Waals surface area (Å²) < 4.78 is 66.6. The minimum atomic E-state index is -1.92. The molecule has 35 atom stereocenters. The highest BCUT2D eigenvalue weighted by Crippen LogP contribution is 2.76. The Kier molecular flexibility index (Phi) is 22.2. The number of carbonyl (C=O) groups is 1. The maximum Gasteiger partial charge on any atom is 0.333 e. The largest absolute Gasteiger partial charge is 0.453 e. The number of hydrogen-bond acceptors (Lipinski definition) is 29.